The number of nitrogens with two attached hydrogens (primary N) is 1. The Morgan fingerprint density at radius 2 is 2.15 bits per heavy atom. The molecule has 4 heteroatoms. The molecule has 3 nitrogen and oxygen atoms in total. The molecule has 1 aliphatic rings. The van der Waals surface area contributed by atoms with Crippen LogP contribution in [0, 0.1) is 5.82 Å². The Bertz CT molecular complexity index is 447. The number of halogens is 1. The van der Waals surface area contributed by atoms with E-state index >= 15 is 0 Å². The lowest BCUT2D eigenvalue weighted by atomic mass is 10.1. The molecule has 0 radical (unpaired) electrons. The van der Waals surface area contributed by atoms with Crippen molar-refractivity contribution in [2.75, 3.05) is 31.1 Å². The van der Waals surface area contributed by atoms with Gasteiger partial charge in [-0.2, -0.15) is 0 Å². The van der Waals surface area contributed by atoms with Crippen molar-refractivity contribution >= 4 is 5.69 Å². The number of benzene rings is 1. The minimum atomic E-state index is -0.125. The number of likely N-dealkylation sites (N-methyl/N-ethyl adjacent to an activating group) is 1. The highest BCUT2D eigenvalue weighted by atomic mass is 19.1. The molecule has 1 aromatic rings. The molecule has 0 amide bonds. The molecular weight excluding hydrogens is 253 g/mol. The van der Waals surface area contributed by atoms with Gasteiger partial charge in [-0.3, -0.25) is 4.90 Å². The smallest absolute Gasteiger partial charge is 0.146 e. The number of hydrogen-bond donors (Lipinski definition) is 1. The molecule has 1 fully saturated rings. The highest BCUT2D eigenvalue weighted by molar-refractivity contribution is 5.50. The molecule has 0 aliphatic carbocycles. The molecule has 0 aromatic heterocycles. The Hall–Kier alpha value is -1.13. The van der Waals surface area contributed by atoms with Crippen molar-refractivity contribution in [2.45, 2.75) is 39.3 Å². The zero-order chi connectivity index (χ0) is 14.7. The van der Waals surface area contributed by atoms with Crippen LogP contribution in [0.25, 0.3) is 0 Å². The van der Waals surface area contributed by atoms with E-state index in [0.717, 1.165) is 43.9 Å². The van der Waals surface area contributed by atoms with Crippen LogP contribution in [0.5, 0.6) is 0 Å². The summed E-state index contributed by atoms with van der Waals surface area (Å²) in [5.41, 5.74) is 7.46. The fourth-order valence-electron chi connectivity index (χ4n) is 2.99. The fraction of sp³-hybridized carbons (Fsp3) is 0.625. The molecule has 112 valence electrons. The number of piperazine rings is 1. The molecule has 1 heterocycles. The first-order valence-corrected chi connectivity index (χ1v) is 7.54. The minimum Gasteiger partial charge on any atom is -0.366 e. The summed E-state index contributed by atoms with van der Waals surface area (Å²) in [6, 6.07) is 6.07. The van der Waals surface area contributed by atoms with Crippen LogP contribution < -0.4 is 10.6 Å². The van der Waals surface area contributed by atoms with Gasteiger partial charge in [0, 0.05) is 31.7 Å². The van der Waals surface area contributed by atoms with Crippen LogP contribution in [-0.4, -0.2) is 43.2 Å². The van der Waals surface area contributed by atoms with Gasteiger partial charge in [-0.05, 0) is 44.5 Å². The molecule has 2 rings (SSSR count). The van der Waals surface area contributed by atoms with Crippen molar-refractivity contribution in [1.82, 2.24) is 4.90 Å². The average molecular weight is 279 g/mol. The van der Waals surface area contributed by atoms with E-state index in [0.29, 0.717) is 6.04 Å². The molecule has 0 bridgehead atoms. The highest BCUT2D eigenvalue weighted by Gasteiger charge is 2.24. The van der Waals surface area contributed by atoms with Crippen molar-refractivity contribution in [3.63, 3.8) is 0 Å². The second-order valence-electron chi connectivity index (χ2n) is 5.89. The normalized spacial score (nSPS) is 22.1. The van der Waals surface area contributed by atoms with E-state index in [-0.39, 0.29) is 11.9 Å². The van der Waals surface area contributed by atoms with Crippen molar-refractivity contribution in [1.29, 1.82) is 0 Å². The van der Waals surface area contributed by atoms with Gasteiger partial charge in [0.15, 0.2) is 0 Å². The summed E-state index contributed by atoms with van der Waals surface area (Å²) in [5, 5.41) is 0. The van der Waals surface area contributed by atoms with Crippen molar-refractivity contribution in [3.05, 3.63) is 29.6 Å². The van der Waals surface area contributed by atoms with Crippen LogP contribution in [-0.2, 0) is 6.42 Å². The molecule has 0 saturated carbocycles. The Labute approximate surface area is 121 Å². The first-order valence-electron chi connectivity index (χ1n) is 7.54. The van der Waals surface area contributed by atoms with Gasteiger partial charge in [0.05, 0.1) is 5.69 Å². The first-order chi connectivity index (χ1) is 9.51. The predicted octanol–water partition coefficient (Wildman–Crippen LogP) is 2.25. The quantitative estimate of drug-likeness (QED) is 0.917. The van der Waals surface area contributed by atoms with Crippen molar-refractivity contribution < 1.29 is 4.39 Å². The molecule has 1 saturated heterocycles. The fourth-order valence-corrected chi connectivity index (χ4v) is 2.99. The SMILES string of the molecule is CCN1CCN(c2ccc(CC(C)N)cc2F)CC1C. The van der Waals surface area contributed by atoms with E-state index in [1.807, 2.05) is 19.1 Å². The van der Waals surface area contributed by atoms with E-state index in [4.69, 9.17) is 5.73 Å². The Morgan fingerprint density at radius 3 is 2.70 bits per heavy atom. The number of rotatable bonds is 4. The molecule has 1 aliphatic heterocycles. The van der Waals surface area contributed by atoms with E-state index < -0.39 is 0 Å². The third-order valence-corrected chi connectivity index (χ3v) is 4.08. The van der Waals surface area contributed by atoms with Gasteiger partial charge < -0.3 is 10.6 Å². The van der Waals surface area contributed by atoms with Crippen LogP contribution in [0.2, 0.25) is 0 Å². The van der Waals surface area contributed by atoms with Gasteiger partial charge in [-0.15, -0.1) is 0 Å². The lowest BCUT2D eigenvalue weighted by Crippen LogP contribution is -2.52. The topological polar surface area (TPSA) is 32.5 Å². The van der Waals surface area contributed by atoms with Gasteiger partial charge >= 0.3 is 0 Å². The summed E-state index contributed by atoms with van der Waals surface area (Å²) < 4.78 is 14.3. The first kappa shape index (κ1) is 15.3. The van der Waals surface area contributed by atoms with Gasteiger partial charge in [-0.25, -0.2) is 4.39 Å². The maximum atomic E-state index is 14.3. The Morgan fingerprint density at radius 1 is 1.40 bits per heavy atom. The summed E-state index contributed by atoms with van der Waals surface area (Å²) in [5.74, 6) is -0.125. The second kappa shape index (κ2) is 6.55. The van der Waals surface area contributed by atoms with Crippen LogP contribution in [0.15, 0.2) is 18.2 Å². The van der Waals surface area contributed by atoms with Crippen LogP contribution >= 0.6 is 0 Å². The summed E-state index contributed by atoms with van der Waals surface area (Å²) in [6.07, 6.45) is 0.719. The molecule has 2 unspecified atom stereocenters. The lowest BCUT2D eigenvalue weighted by Gasteiger charge is -2.40. The number of nitrogens with zero attached hydrogens (tertiary/aromatic N) is 2. The Kier molecular flexibility index (Phi) is 5.00. The summed E-state index contributed by atoms with van der Waals surface area (Å²) >= 11 is 0. The van der Waals surface area contributed by atoms with Crippen LogP contribution in [0.1, 0.15) is 26.3 Å². The standard InChI is InChI=1S/C16H26FN3/c1-4-19-7-8-20(11-13(19)3)16-6-5-14(9-12(2)18)10-15(16)17/h5-6,10,12-13H,4,7-9,11,18H2,1-3H3. The van der Waals surface area contributed by atoms with E-state index in [9.17, 15) is 4.39 Å². The molecule has 2 N–H and O–H groups in total. The Balaban J connectivity index is 2.10. The maximum absolute atomic E-state index is 14.3. The summed E-state index contributed by atoms with van der Waals surface area (Å²) in [6.45, 7) is 10.2. The zero-order valence-corrected chi connectivity index (χ0v) is 12.8. The average Bonchev–Trinajstić information content (AvgIpc) is 2.38. The zero-order valence-electron chi connectivity index (χ0n) is 12.8. The van der Waals surface area contributed by atoms with Gasteiger partial charge in [0.25, 0.3) is 0 Å². The van der Waals surface area contributed by atoms with Crippen molar-refractivity contribution in [2.24, 2.45) is 5.73 Å². The monoisotopic (exact) mass is 279 g/mol. The van der Waals surface area contributed by atoms with E-state index in [1.54, 1.807) is 6.07 Å². The van der Waals surface area contributed by atoms with Crippen LogP contribution in [0.3, 0.4) is 0 Å². The molecule has 20 heavy (non-hydrogen) atoms. The molecule has 1 aromatic carbocycles. The van der Waals surface area contributed by atoms with E-state index in [2.05, 4.69) is 23.6 Å². The molecule has 0 spiro atoms. The van der Waals surface area contributed by atoms with Gasteiger partial charge in [-0.1, -0.05) is 13.0 Å². The maximum Gasteiger partial charge on any atom is 0.146 e. The lowest BCUT2D eigenvalue weighted by molar-refractivity contribution is 0.199. The van der Waals surface area contributed by atoms with Gasteiger partial charge in [0.2, 0.25) is 0 Å². The second-order valence-corrected chi connectivity index (χ2v) is 5.89. The molecular formula is C16H26FN3. The molecule has 2 atom stereocenters. The predicted molar refractivity (Wildman–Crippen MR) is 82.7 cm³/mol. The van der Waals surface area contributed by atoms with Crippen LogP contribution in [0.4, 0.5) is 10.1 Å². The van der Waals surface area contributed by atoms with Gasteiger partial charge in [0.1, 0.15) is 5.82 Å². The highest BCUT2D eigenvalue weighted by Crippen LogP contribution is 2.24. The summed E-state index contributed by atoms with van der Waals surface area (Å²) in [7, 11) is 0. The minimum absolute atomic E-state index is 0.0633. The number of hydrogen-bond acceptors (Lipinski definition) is 3. The third kappa shape index (κ3) is 3.49. The van der Waals surface area contributed by atoms with E-state index in [1.165, 1.54) is 0 Å². The van der Waals surface area contributed by atoms with Crippen molar-refractivity contribution in [3.8, 4) is 0 Å². The summed E-state index contributed by atoms with van der Waals surface area (Å²) in [4.78, 5) is 4.58. The number of anilines is 1. The third-order valence-electron chi connectivity index (χ3n) is 4.08. The largest absolute Gasteiger partial charge is 0.366 e.